The third-order valence-corrected chi connectivity index (χ3v) is 4.81. The highest BCUT2D eigenvalue weighted by atomic mass is 35.5. The highest BCUT2D eigenvalue weighted by Gasteiger charge is 2.29. The van der Waals surface area contributed by atoms with Gasteiger partial charge in [0.2, 0.25) is 0 Å². The summed E-state index contributed by atoms with van der Waals surface area (Å²) < 4.78 is 0. The molecular formula is C20H17ClN2O. The number of carbonyl (C=O) groups excluding carboxylic acids is 1. The smallest absolute Gasteiger partial charge is 0.260 e. The first kappa shape index (κ1) is 15.2. The van der Waals surface area contributed by atoms with Gasteiger partial charge >= 0.3 is 0 Å². The molecule has 24 heavy (non-hydrogen) atoms. The van der Waals surface area contributed by atoms with E-state index in [9.17, 15) is 4.79 Å². The molecule has 3 aromatic rings. The molecule has 1 aliphatic rings. The molecule has 1 amide bonds. The van der Waals surface area contributed by atoms with Crippen LogP contribution in [0.25, 0.3) is 10.9 Å². The van der Waals surface area contributed by atoms with E-state index in [4.69, 9.17) is 11.6 Å². The molecule has 120 valence electrons. The van der Waals surface area contributed by atoms with E-state index in [-0.39, 0.29) is 5.91 Å². The molecule has 0 saturated carbocycles. The average Bonchev–Trinajstić information content (AvgIpc) is 2.54. The summed E-state index contributed by atoms with van der Waals surface area (Å²) in [6, 6.07) is 13.9. The summed E-state index contributed by atoms with van der Waals surface area (Å²) in [5, 5.41) is 1.57. The fourth-order valence-corrected chi connectivity index (χ4v) is 3.77. The molecular weight excluding hydrogens is 320 g/mol. The van der Waals surface area contributed by atoms with Crippen LogP contribution in [-0.2, 0) is 6.42 Å². The number of benzene rings is 2. The predicted molar refractivity (Wildman–Crippen MR) is 98.0 cm³/mol. The molecule has 0 saturated heterocycles. The van der Waals surface area contributed by atoms with Crippen LogP contribution in [0.5, 0.6) is 0 Å². The first-order valence-electron chi connectivity index (χ1n) is 8.02. The van der Waals surface area contributed by atoms with Crippen LogP contribution < -0.4 is 4.90 Å². The van der Waals surface area contributed by atoms with E-state index >= 15 is 0 Å². The highest BCUT2D eigenvalue weighted by Crippen LogP contribution is 2.33. The molecule has 0 atom stereocenters. The Morgan fingerprint density at radius 3 is 2.79 bits per heavy atom. The quantitative estimate of drug-likeness (QED) is 0.645. The van der Waals surface area contributed by atoms with Crippen LogP contribution in [0.2, 0.25) is 5.02 Å². The Labute approximate surface area is 145 Å². The van der Waals surface area contributed by atoms with Gasteiger partial charge in [0.15, 0.2) is 0 Å². The van der Waals surface area contributed by atoms with Gasteiger partial charge < -0.3 is 4.90 Å². The van der Waals surface area contributed by atoms with Crippen LogP contribution in [0.4, 0.5) is 5.69 Å². The topological polar surface area (TPSA) is 33.2 Å². The maximum Gasteiger partial charge on any atom is 0.260 e. The summed E-state index contributed by atoms with van der Waals surface area (Å²) in [7, 11) is 0. The minimum Gasteiger partial charge on any atom is -0.306 e. The maximum atomic E-state index is 13.1. The SMILES string of the molecule is Cc1cc(Cl)c2c(c1)CCN(c1cccc3ccc(C)nc13)C2=O. The number of pyridine rings is 1. The van der Waals surface area contributed by atoms with Crippen molar-refractivity contribution in [3.8, 4) is 0 Å². The number of aryl methyl sites for hydroxylation is 2. The molecule has 2 aromatic carbocycles. The molecule has 0 unspecified atom stereocenters. The lowest BCUT2D eigenvalue weighted by Gasteiger charge is -2.30. The fourth-order valence-electron chi connectivity index (χ4n) is 3.40. The van der Waals surface area contributed by atoms with E-state index in [1.54, 1.807) is 4.90 Å². The van der Waals surface area contributed by atoms with Gasteiger partial charge in [-0.1, -0.05) is 35.9 Å². The van der Waals surface area contributed by atoms with E-state index in [2.05, 4.69) is 11.1 Å². The van der Waals surface area contributed by atoms with Crippen molar-refractivity contribution in [3.05, 3.63) is 69.9 Å². The third-order valence-electron chi connectivity index (χ3n) is 4.51. The van der Waals surface area contributed by atoms with Gasteiger partial charge in [-0.05, 0) is 49.6 Å². The van der Waals surface area contributed by atoms with Crippen molar-refractivity contribution in [3.63, 3.8) is 0 Å². The number of nitrogens with zero attached hydrogens (tertiary/aromatic N) is 2. The predicted octanol–water partition coefficient (Wildman–Crippen LogP) is 4.71. The molecule has 2 heterocycles. The zero-order valence-electron chi connectivity index (χ0n) is 13.6. The normalized spacial score (nSPS) is 14.1. The summed E-state index contributed by atoms with van der Waals surface area (Å²) in [4.78, 5) is 19.5. The lowest BCUT2D eigenvalue weighted by atomic mass is 9.96. The van der Waals surface area contributed by atoms with Gasteiger partial charge in [-0.2, -0.15) is 0 Å². The van der Waals surface area contributed by atoms with Gasteiger partial charge in [0.1, 0.15) is 0 Å². The number of halogens is 1. The van der Waals surface area contributed by atoms with Crippen molar-refractivity contribution in [2.24, 2.45) is 0 Å². The number of anilines is 1. The van der Waals surface area contributed by atoms with E-state index in [0.29, 0.717) is 17.1 Å². The molecule has 0 aliphatic carbocycles. The number of amides is 1. The molecule has 4 rings (SSSR count). The number of carbonyl (C=O) groups is 1. The van der Waals surface area contributed by atoms with Gasteiger partial charge in [0, 0.05) is 17.6 Å². The van der Waals surface area contributed by atoms with E-state index in [1.165, 1.54) is 0 Å². The minimum atomic E-state index is -0.0444. The molecule has 0 bridgehead atoms. The fraction of sp³-hybridized carbons (Fsp3) is 0.200. The number of rotatable bonds is 1. The molecule has 1 aliphatic heterocycles. The van der Waals surface area contributed by atoms with E-state index < -0.39 is 0 Å². The second-order valence-electron chi connectivity index (χ2n) is 6.29. The number of hydrogen-bond acceptors (Lipinski definition) is 2. The van der Waals surface area contributed by atoms with Gasteiger partial charge in [-0.3, -0.25) is 9.78 Å². The van der Waals surface area contributed by atoms with Gasteiger partial charge in [-0.25, -0.2) is 0 Å². The Balaban J connectivity index is 1.87. The van der Waals surface area contributed by atoms with Crippen LogP contribution in [0.3, 0.4) is 0 Å². The van der Waals surface area contributed by atoms with Crippen LogP contribution in [0.1, 0.15) is 27.2 Å². The molecule has 0 radical (unpaired) electrons. The summed E-state index contributed by atoms with van der Waals surface area (Å²) in [5.41, 5.74) is 5.39. The summed E-state index contributed by atoms with van der Waals surface area (Å²) in [6.45, 7) is 4.60. The van der Waals surface area contributed by atoms with Crippen LogP contribution in [-0.4, -0.2) is 17.4 Å². The average molecular weight is 337 g/mol. The monoisotopic (exact) mass is 336 g/mol. The molecule has 3 nitrogen and oxygen atoms in total. The Bertz CT molecular complexity index is 981. The van der Waals surface area contributed by atoms with Crippen molar-refractivity contribution in [2.75, 3.05) is 11.4 Å². The standard InChI is InChI=1S/C20H17ClN2O/c1-12-10-15-8-9-23(20(24)18(15)16(21)11-12)17-5-3-4-14-7-6-13(2)22-19(14)17/h3-7,10-11H,8-9H2,1-2H3. The second-order valence-corrected chi connectivity index (χ2v) is 6.70. The first-order valence-corrected chi connectivity index (χ1v) is 8.39. The van der Waals surface area contributed by atoms with Crippen LogP contribution in [0.15, 0.2) is 42.5 Å². The lowest BCUT2D eigenvalue weighted by molar-refractivity contribution is 0.0981. The number of hydrogen-bond donors (Lipinski definition) is 0. The van der Waals surface area contributed by atoms with Crippen molar-refractivity contribution in [1.82, 2.24) is 4.98 Å². The molecule has 0 spiro atoms. The van der Waals surface area contributed by atoms with Gasteiger partial charge in [-0.15, -0.1) is 0 Å². The number of aromatic nitrogens is 1. The molecule has 4 heteroatoms. The van der Waals surface area contributed by atoms with E-state index in [0.717, 1.165) is 39.8 Å². The summed E-state index contributed by atoms with van der Waals surface area (Å²) in [6.07, 6.45) is 0.796. The van der Waals surface area contributed by atoms with Crippen molar-refractivity contribution < 1.29 is 4.79 Å². The minimum absolute atomic E-state index is 0.0444. The Hall–Kier alpha value is -2.39. The van der Waals surface area contributed by atoms with Gasteiger partial charge in [0.05, 0.1) is 21.8 Å². The number of fused-ring (bicyclic) bond motifs is 2. The second kappa shape index (κ2) is 5.60. The maximum absolute atomic E-state index is 13.1. The highest BCUT2D eigenvalue weighted by molar-refractivity contribution is 6.35. The van der Waals surface area contributed by atoms with Crippen LogP contribution in [0, 0.1) is 13.8 Å². The van der Waals surface area contributed by atoms with Crippen molar-refractivity contribution >= 4 is 34.1 Å². The van der Waals surface area contributed by atoms with Crippen LogP contribution >= 0.6 is 11.6 Å². The van der Waals surface area contributed by atoms with Crippen molar-refractivity contribution in [1.29, 1.82) is 0 Å². The van der Waals surface area contributed by atoms with E-state index in [1.807, 2.05) is 50.2 Å². The third kappa shape index (κ3) is 2.36. The first-order chi connectivity index (χ1) is 11.5. The largest absolute Gasteiger partial charge is 0.306 e. The summed E-state index contributed by atoms with van der Waals surface area (Å²) >= 11 is 6.38. The molecule has 0 fully saturated rings. The Morgan fingerprint density at radius 2 is 1.96 bits per heavy atom. The van der Waals surface area contributed by atoms with Crippen molar-refractivity contribution in [2.45, 2.75) is 20.3 Å². The number of para-hydroxylation sites is 1. The lowest BCUT2D eigenvalue weighted by Crippen LogP contribution is -2.38. The zero-order valence-corrected chi connectivity index (χ0v) is 14.4. The Kier molecular flexibility index (Phi) is 3.54. The van der Waals surface area contributed by atoms with Gasteiger partial charge in [0.25, 0.3) is 5.91 Å². The molecule has 1 aromatic heterocycles. The zero-order chi connectivity index (χ0) is 16.8. The summed E-state index contributed by atoms with van der Waals surface area (Å²) in [5.74, 6) is -0.0444. The Morgan fingerprint density at radius 1 is 1.12 bits per heavy atom. The molecule has 0 N–H and O–H groups in total.